The Kier molecular flexibility index (Phi) is 6.59. The fourth-order valence-electron chi connectivity index (χ4n) is 3.47. The standard InChI is InChI=1S/C27H20ClN7O/c1-17-9-10-18(26(36)31-22-8-2-7-21(28)14-22)13-23(17)32-27-34-24(19-5-3-11-29-15-19)33-25(35-27)20-6-4-12-30-16-20/h2-16H,1H3,(H,31,36)(H,32,33,34,35). The Morgan fingerprint density at radius 1 is 0.806 bits per heavy atom. The van der Waals surface area contributed by atoms with Gasteiger partial charge in [-0.15, -0.1) is 0 Å². The zero-order chi connectivity index (χ0) is 24.9. The number of aromatic nitrogens is 5. The van der Waals surface area contributed by atoms with Crippen molar-refractivity contribution in [2.24, 2.45) is 0 Å². The highest BCUT2D eigenvalue weighted by atomic mass is 35.5. The zero-order valence-corrected chi connectivity index (χ0v) is 19.9. The summed E-state index contributed by atoms with van der Waals surface area (Å²) < 4.78 is 0. The van der Waals surface area contributed by atoms with Crippen molar-refractivity contribution in [3.8, 4) is 22.8 Å². The number of carbonyl (C=O) groups is 1. The van der Waals surface area contributed by atoms with Gasteiger partial charge in [0.1, 0.15) is 0 Å². The van der Waals surface area contributed by atoms with Gasteiger partial charge < -0.3 is 10.6 Å². The average molecular weight is 494 g/mol. The molecule has 0 fully saturated rings. The van der Waals surface area contributed by atoms with E-state index < -0.39 is 0 Å². The number of hydrogen-bond donors (Lipinski definition) is 2. The molecule has 36 heavy (non-hydrogen) atoms. The molecule has 0 aliphatic heterocycles. The number of nitrogens with zero attached hydrogens (tertiary/aromatic N) is 5. The van der Waals surface area contributed by atoms with Gasteiger partial charge in [-0.2, -0.15) is 9.97 Å². The van der Waals surface area contributed by atoms with Gasteiger partial charge in [-0.3, -0.25) is 14.8 Å². The third-order valence-corrected chi connectivity index (χ3v) is 5.54. The summed E-state index contributed by atoms with van der Waals surface area (Å²) in [4.78, 5) is 35.1. The predicted octanol–water partition coefficient (Wildman–Crippen LogP) is 5.95. The number of aryl methyl sites for hydroxylation is 1. The van der Waals surface area contributed by atoms with Crippen molar-refractivity contribution in [2.45, 2.75) is 6.92 Å². The lowest BCUT2D eigenvalue weighted by molar-refractivity contribution is 0.102. The van der Waals surface area contributed by atoms with Crippen LogP contribution < -0.4 is 10.6 Å². The molecule has 2 N–H and O–H groups in total. The monoisotopic (exact) mass is 493 g/mol. The maximum absolute atomic E-state index is 12.9. The number of pyridine rings is 2. The van der Waals surface area contributed by atoms with Gasteiger partial charge in [-0.25, -0.2) is 4.98 Å². The Labute approximate surface area is 212 Å². The highest BCUT2D eigenvalue weighted by Crippen LogP contribution is 2.25. The molecule has 0 bridgehead atoms. The molecule has 0 aliphatic carbocycles. The van der Waals surface area contributed by atoms with Gasteiger partial charge >= 0.3 is 0 Å². The van der Waals surface area contributed by atoms with E-state index in [9.17, 15) is 4.79 Å². The molecule has 0 unspecified atom stereocenters. The van der Waals surface area contributed by atoms with Crippen LogP contribution in [0.4, 0.5) is 17.3 Å². The molecular weight excluding hydrogens is 474 g/mol. The predicted molar refractivity (Wildman–Crippen MR) is 140 cm³/mol. The van der Waals surface area contributed by atoms with Gasteiger partial charge in [0.25, 0.3) is 5.91 Å². The largest absolute Gasteiger partial charge is 0.324 e. The van der Waals surface area contributed by atoms with E-state index in [1.807, 2.05) is 37.3 Å². The first-order chi connectivity index (χ1) is 17.5. The summed E-state index contributed by atoms with van der Waals surface area (Å²) in [7, 11) is 0. The van der Waals surface area contributed by atoms with Gasteiger partial charge in [0.2, 0.25) is 5.95 Å². The van der Waals surface area contributed by atoms with E-state index in [1.54, 1.807) is 61.2 Å². The second kappa shape index (κ2) is 10.3. The van der Waals surface area contributed by atoms with Crippen molar-refractivity contribution in [2.75, 3.05) is 10.6 Å². The molecule has 0 radical (unpaired) electrons. The minimum absolute atomic E-state index is 0.261. The number of rotatable bonds is 6. The molecule has 5 rings (SSSR count). The molecule has 9 heteroatoms. The van der Waals surface area contributed by atoms with Crippen LogP contribution in [-0.4, -0.2) is 30.8 Å². The first-order valence-corrected chi connectivity index (χ1v) is 11.4. The summed E-state index contributed by atoms with van der Waals surface area (Å²) >= 11 is 6.04. The number of halogens is 1. The van der Waals surface area contributed by atoms with E-state index in [4.69, 9.17) is 11.6 Å². The molecular formula is C27H20ClN7O. The molecule has 2 aromatic carbocycles. The summed E-state index contributed by atoms with van der Waals surface area (Å²) in [6.45, 7) is 1.94. The molecule has 3 heterocycles. The van der Waals surface area contributed by atoms with Crippen LogP contribution in [0, 0.1) is 6.92 Å². The summed E-state index contributed by atoms with van der Waals surface area (Å²) in [6.07, 6.45) is 6.76. The zero-order valence-electron chi connectivity index (χ0n) is 19.2. The lowest BCUT2D eigenvalue weighted by Gasteiger charge is -2.13. The molecule has 0 aliphatic rings. The highest BCUT2D eigenvalue weighted by molar-refractivity contribution is 6.31. The third-order valence-electron chi connectivity index (χ3n) is 5.30. The van der Waals surface area contributed by atoms with E-state index >= 15 is 0 Å². The Morgan fingerprint density at radius 3 is 2.11 bits per heavy atom. The SMILES string of the molecule is Cc1ccc(C(=O)Nc2cccc(Cl)c2)cc1Nc1nc(-c2cccnc2)nc(-c2cccnc2)n1. The van der Waals surface area contributed by atoms with Crippen molar-refractivity contribution in [1.29, 1.82) is 0 Å². The fourth-order valence-corrected chi connectivity index (χ4v) is 3.66. The van der Waals surface area contributed by atoms with Crippen LogP contribution >= 0.6 is 11.6 Å². The minimum Gasteiger partial charge on any atom is -0.324 e. The van der Waals surface area contributed by atoms with E-state index in [2.05, 4.69) is 35.6 Å². The summed E-state index contributed by atoms with van der Waals surface area (Å²) in [5, 5.41) is 6.67. The summed E-state index contributed by atoms with van der Waals surface area (Å²) in [5.41, 5.74) is 4.19. The molecule has 0 saturated carbocycles. The number of amides is 1. The lowest BCUT2D eigenvalue weighted by atomic mass is 10.1. The molecule has 0 atom stereocenters. The van der Waals surface area contributed by atoms with E-state index in [1.165, 1.54) is 0 Å². The van der Waals surface area contributed by atoms with Crippen molar-refractivity contribution < 1.29 is 4.79 Å². The van der Waals surface area contributed by atoms with Crippen LogP contribution in [0.2, 0.25) is 5.02 Å². The van der Waals surface area contributed by atoms with E-state index in [0.717, 1.165) is 16.7 Å². The van der Waals surface area contributed by atoms with E-state index in [-0.39, 0.29) is 5.91 Å². The van der Waals surface area contributed by atoms with Crippen LogP contribution in [0.3, 0.4) is 0 Å². The number of nitrogens with one attached hydrogen (secondary N) is 2. The number of hydrogen-bond acceptors (Lipinski definition) is 7. The second-order valence-corrected chi connectivity index (χ2v) is 8.35. The Bertz CT molecular complexity index is 1470. The van der Waals surface area contributed by atoms with Crippen molar-refractivity contribution in [1.82, 2.24) is 24.9 Å². The van der Waals surface area contributed by atoms with Gasteiger partial charge in [-0.05, 0) is 67.1 Å². The number of carbonyl (C=O) groups excluding carboxylic acids is 1. The molecule has 0 saturated heterocycles. The van der Waals surface area contributed by atoms with Crippen molar-refractivity contribution in [3.63, 3.8) is 0 Å². The van der Waals surface area contributed by atoms with Crippen LogP contribution in [0.1, 0.15) is 15.9 Å². The van der Waals surface area contributed by atoms with Crippen LogP contribution in [0.5, 0.6) is 0 Å². The van der Waals surface area contributed by atoms with Crippen molar-refractivity contribution in [3.05, 3.63) is 108 Å². The maximum atomic E-state index is 12.9. The quantitative estimate of drug-likeness (QED) is 0.301. The van der Waals surface area contributed by atoms with Crippen molar-refractivity contribution >= 4 is 34.8 Å². The minimum atomic E-state index is -0.261. The van der Waals surface area contributed by atoms with Crippen LogP contribution in [0.15, 0.2) is 91.5 Å². The van der Waals surface area contributed by atoms with E-state index in [0.29, 0.717) is 39.6 Å². The fraction of sp³-hybridized carbons (Fsp3) is 0.0370. The van der Waals surface area contributed by atoms with Gasteiger partial charge in [0, 0.05) is 57.9 Å². The average Bonchev–Trinajstić information content (AvgIpc) is 2.91. The normalized spacial score (nSPS) is 10.6. The third kappa shape index (κ3) is 5.34. The van der Waals surface area contributed by atoms with Crippen LogP contribution in [0.25, 0.3) is 22.8 Å². The van der Waals surface area contributed by atoms with Gasteiger partial charge in [-0.1, -0.05) is 23.7 Å². The molecule has 0 spiro atoms. The maximum Gasteiger partial charge on any atom is 0.255 e. The Balaban J connectivity index is 1.48. The molecule has 5 aromatic rings. The summed E-state index contributed by atoms with van der Waals surface area (Å²) in [5.74, 6) is 1.00. The first kappa shape index (κ1) is 23.1. The Morgan fingerprint density at radius 2 is 1.50 bits per heavy atom. The molecule has 176 valence electrons. The molecule has 8 nitrogen and oxygen atoms in total. The Hall–Kier alpha value is -4.69. The highest BCUT2D eigenvalue weighted by Gasteiger charge is 2.14. The smallest absolute Gasteiger partial charge is 0.255 e. The first-order valence-electron chi connectivity index (χ1n) is 11.1. The number of benzene rings is 2. The van der Waals surface area contributed by atoms with Crippen LogP contribution in [-0.2, 0) is 0 Å². The topological polar surface area (TPSA) is 106 Å². The lowest BCUT2D eigenvalue weighted by Crippen LogP contribution is -2.12. The molecule has 3 aromatic heterocycles. The second-order valence-electron chi connectivity index (χ2n) is 7.91. The number of anilines is 3. The molecule has 1 amide bonds. The van der Waals surface area contributed by atoms with Gasteiger partial charge in [0.15, 0.2) is 11.6 Å². The van der Waals surface area contributed by atoms with Gasteiger partial charge in [0.05, 0.1) is 0 Å². The summed E-state index contributed by atoms with van der Waals surface area (Å²) in [6, 6.07) is 19.8.